The van der Waals surface area contributed by atoms with E-state index in [-0.39, 0.29) is 48.0 Å². The van der Waals surface area contributed by atoms with Crippen LogP contribution in [0.3, 0.4) is 0 Å². The molecule has 194 valence electrons. The van der Waals surface area contributed by atoms with Crippen LogP contribution in [0.5, 0.6) is 0 Å². The lowest BCUT2D eigenvalue weighted by atomic mass is 9.86. The Bertz CT molecular complexity index is 1280. The maximum atomic E-state index is 14.9. The molecule has 8 nitrogen and oxygen atoms in total. The van der Waals surface area contributed by atoms with Crippen LogP contribution in [0, 0.1) is 18.8 Å². The molecule has 1 aliphatic heterocycles. The third kappa shape index (κ3) is 5.41. The highest BCUT2D eigenvalue weighted by molar-refractivity contribution is 6.02. The Hall–Kier alpha value is -3.59. The van der Waals surface area contributed by atoms with Gasteiger partial charge in [-0.25, -0.2) is 9.07 Å². The normalized spacial score (nSPS) is 20.6. The molecule has 0 spiro atoms. The molecule has 0 radical (unpaired) electrons. The van der Waals surface area contributed by atoms with Gasteiger partial charge in [-0.05, 0) is 61.9 Å². The zero-order chi connectivity index (χ0) is 26.1. The second-order valence-corrected chi connectivity index (χ2v) is 10.2. The number of amides is 3. The standard InChI is InChI=1S/C28H32FN5O3/c1-17-13-25(34(32-17)21-4-2-3-19(14-21)16-30)28(37)31-23-15-20(8-9-22(23)29)24(10-7-18-5-6-18)33-26(35)11-12-27(33)36/h2-4,9,13-15,18,20,24H,5-8,10-12,16,30H2,1H3,(H,31,37). The maximum absolute atomic E-state index is 14.9. The van der Waals surface area contributed by atoms with E-state index in [1.807, 2.05) is 24.3 Å². The number of nitrogens with one attached hydrogen (secondary N) is 1. The van der Waals surface area contributed by atoms with Gasteiger partial charge in [0.05, 0.1) is 17.1 Å². The van der Waals surface area contributed by atoms with Crippen LogP contribution in [0.4, 0.5) is 4.39 Å². The third-order valence-corrected chi connectivity index (χ3v) is 7.39. The molecule has 3 aliphatic rings. The van der Waals surface area contributed by atoms with Crippen LogP contribution >= 0.6 is 0 Å². The first-order chi connectivity index (χ1) is 17.8. The SMILES string of the molecule is Cc1cc(C(=O)NC2=CC(C(CCC3CC3)N3C(=O)CCC3=O)CC=C2F)n(-c2cccc(CN)c2)n1. The summed E-state index contributed by atoms with van der Waals surface area (Å²) in [5, 5.41) is 7.17. The van der Waals surface area contributed by atoms with Crippen molar-refractivity contribution in [3.63, 3.8) is 0 Å². The highest BCUT2D eigenvalue weighted by Gasteiger charge is 2.40. The molecule has 3 amide bonds. The van der Waals surface area contributed by atoms with Crippen molar-refractivity contribution in [2.24, 2.45) is 17.6 Å². The number of carbonyl (C=O) groups excluding carboxylic acids is 3. The number of likely N-dealkylation sites (tertiary alicyclic amines) is 1. The van der Waals surface area contributed by atoms with Crippen LogP contribution in [0.1, 0.15) is 66.7 Å². The largest absolute Gasteiger partial charge is 0.326 e. The molecule has 3 N–H and O–H groups in total. The van der Waals surface area contributed by atoms with Gasteiger partial charge < -0.3 is 11.1 Å². The Morgan fingerprint density at radius 3 is 2.68 bits per heavy atom. The van der Waals surface area contributed by atoms with Crippen molar-refractivity contribution in [2.75, 3.05) is 0 Å². The van der Waals surface area contributed by atoms with E-state index in [1.54, 1.807) is 19.1 Å². The van der Waals surface area contributed by atoms with Gasteiger partial charge >= 0.3 is 0 Å². The molecule has 2 aromatic rings. The van der Waals surface area contributed by atoms with Gasteiger partial charge in [0.2, 0.25) is 11.8 Å². The van der Waals surface area contributed by atoms with Crippen LogP contribution < -0.4 is 11.1 Å². The number of nitrogens with two attached hydrogens (primary N) is 1. The van der Waals surface area contributed by atoms with E-state index >= 15 is 0 Å². The maximum Gasteiger partial charge on any atom is 0.274 e. The molecule has 2 aliphatic carbocycles. The van der Waals surface area contributed by atoms with Gasteiger partial charge in [0.25, 0.3) is 5.91 Å². The summed E-state index contributed by atoms with van der Waals surface area (Å²) in [4.78, 5) is 39.9. The molecule has 1 aromatic carbocycles. The van der Waals surface area contributed by atoms with Crippen LogP contribution in [-0.2, 0) is 16.1 Å². The van der Waals surface area contributed by atoms with Gasteiger partial charge in [-0.2, -0.15) is 5.10 Å². The molecule has 1 saturated carbocycles. The number of carbonyl (C=O) groups is 3. The van der Waals surface area contributed by atoms with Crippen molar-refractivity contribution in [2.45, 2.75) is 64.5 Å². The Kier molecular flexibility index (Phi) is 7.06. The summed E-state index contributed by atoms with van der Waals surface area (Å²) in [5.41, 5.74) is 8.30. The zero-order valence-electron chi connectivity index (χ0n) is 21.0. The highest BCUT2D eigenvalue weighted by atomic mass is 19.1. The summed E-state index contributed by atoms with van der Waals surface area (Å²) in [6.45, 7) is 2.13. The van der Waals surface area contributed by atoms with E-state index in [0.29, 0.717) is 36.7 Å². The number of rotatable bonds is 9. The smallest absolute Gasteiger partial charge is 0.274 e. The van der Waals surface area contributed by atoms with Crippen molar-refractivity contribution < 1.29 is 18.8 Å². The van der Waals surface area contributed by atoms with E-state index in [0.717, 1.165) is 12.0 Å². The molecule has 1 saturated heterocycles. The number of hydrogen-bond donors (Lipinski definition) is 2. The molecule has 2 heterocycles. The number of imide groups is 1. The monoisotopic (exact) mass is 505 g/mol. The van der Waals surface area contributed by atoms with E-state index in [9.17, 15) is 18.8 Å². The van der Waals surface area contributed by atoms with Crippen molar-refractivity contribution in [3.05, 3.63) is 71.0 Å². The van der Waals surface area contributed by atoms with Gasteiger partial charge in [0, 0.05) is 31.3 Å². The van der Waals surface area contributed by atoms with Crippen molar-refractivity contribution in [1.29, 1.82) is 0 Å². The van der Waals surface area contributed by atoms with Gasteiger partial charge in [-0.3, -0.25) is 19.3 Å². The van der Waals surface area contributed by atoms with E-state index < -0.39 is 11.7 Å². The van der Waals surface area contributed by atoms with E-state index in [4.69, 9.17) is 5.73 Å². The lowest BCUT2D eigenvalue weighted by molar-refractivity contribution is -0.142. The quantitative estimate of drug-likeness (QED) is 0.503. The predicted octanol–water partition coefficient (Wildman–Crippen LogP) is 3.83. The first-order valence-electron chi connectivity index (χ1n) is 12.9. The van der Waals surface area contributed by atoms with Crippen molar-refractivity contribution in [1.82, 2.24) is 20.0 Å². The summed E-state index contributed by atoms with van der Waals surface area (Å²) in [7, 11) is 0. The number of allylic oxidation sites excluding steroid dienone is 2. The molecular weight excluding hydrogens is 473 g/mol. The summed E-state index contributed by atoms with van der Waals surface area (Å²) in [6.07, 6.45) is 7.87. The second kappa shape index (κ2) is 10.4. The Labute approximate surface area is 215 Å². The third-order valence-electron chi connectivity index (χ3n) is 7.39. The first-order valence-corrected chi connectivity index (χ1v) is 12.9. The molecule has 9 heteroatoms. The number of nitrogens with zero attached hydrogens (tertiary/aromatic N) is 3. The van der Waals surface area contributed by atoms with Gasteiger partial charge in [0.1, 0.15) is 11.5 Å². The fourth-order valence-electron chi connectivity index (χ4n) is 5.25. The molecule has 1 aromatic heterocycles. The van der Waals surface area contributed by atoms with Crippen molar-refractivity contribution >= 4 is 17.7 Å². The summed E-state index contributed by atoms with van der Waals surface area (Å²) in [6, 6.07) is 8.72. The fourth-order valence-corrected chi connectivity index (χ4v) is 5.25. The van der Waals surface area contributed by atoms with Gasteiger partial charge in [-0.15, -0.1) is 0 Å². The zero-order valence-corrected chi connectivity index (χ0v) is 21.0. The molecule has 2 unspecified atom stereocenters. The van der Waals surface area contributed by atoms with Gasteiger partial charge in [-0.1, -0.05) is 31.1 Å². The molecule has 5 rings (SSSR count). The molecule has 2 fully saturated rings. The number of hydrogen-bond acceptors (Lipinski definition) is 5. The summed E-state index contributed by atoms with van der Waals surface area (Å²) < 4.78 is 16.5. The van der Waals surface area contributed by atoms with Crippen LogP contribution in [0.25, 0.3) is 5.69 Å². The number of aromatic nitrogens is 2. The van der Waals surface area contributed by atoms with E-state index in [1.165, 1.54) is 28.5 Å². The summed E-state index contributed by atoms with van der Waals surface area (Å²) >= 11 is 0. The average molecular weight is 506 g/mol. The average Bonchev–Trinajstić information content (AvgIpc) is 3.55. The van der Waals surface area contributed by atoms with Crippen molar-refractivity contribution in [3.8, 4) is 5.69 Å². The predicted molar refractivity (Wildman–Crippen MR) is 136 cm³/mol. The first kappa shape index (κ1) is 25.1. The molecular formula is C28H32FN5O3. The van der Waals surface area contributed by atoms with E-state index in [2.05, 4.69) is 10.4 Å². The number of aryl methyl sites for hydroxylation is 1. The van der Waals surface area contributed by atoms with Gasteiger partial charge in [0.15, 0.2) is 0 Å². The molecule has 2 atom stereocenters. The highest BCUT2D eigenvalue weighted by Crippen LogP contribution is 2.38. The minimum atomic E-state index is -0.530. The minimum absolute atomic E-state index is 0.0536. The Morgan fingerprint density at radius 1 is 1.22 bits per heavy atom. The Morgan fingerprint density at radius 2 is 1.97 bits per heavy atom. The minimum Gasteiger partial charge on any atom is -0.326 e. The summed E-state index contributed by atoms with van der Waals surface area (Å²) in [5.74, 6) is -1.00. The van der Waals surface area contributed by atoms with Crippen LogP contribution in [0.2, 0.25) is 0 Å². The molecule has 0 bridgehead atoms. The van der Waals surface area contributed by atoms with Crippen LogP contribution in [-0.4, -0.2) is 38.4 Å². The second-order valence-electron chi connectivity index (χ2n) is 10.2. The fraction of sp³-hybridized carbons (Fsp3) is 0.429. The molecule has 37 heavy (non-hydrogen) atoms. The number of benzene rings is 1. The number of halogens is 1. The topological polar surface area (TPSA) is 110 Å². The lowest BCUT2D eigenvalue weighted by Gasteiger charge is -2.33. The Balaban J connectivity index is 1.40. The van der Waals surface area contributed by atoms with Crippen LogP contribution in [0.15, 0.2) is 54.0 Å². The lowest BCUT2D eigenvalue weighted by Crippen LogP contribution is -2.44.